The van der Waals surface area contributed by atoms with Crippen molar-refractivity contribution in [3.05, 3.63) is 35.9 Å². The van der Waals surface area contributed by atoms with Gasteiger partial charge in [-0.2, -0.15) is 5.53 Å². The third kappa shape index (κ3) is 3.14. The van der Waals surface area contributed by atoms with Gasteiger partial charge in [0.05, 0.1) is 0 Å². The largest absolute Gasteiger partial charge is 0.480 e. The van der Waals surface area contributed by atoms with Crippen LogP contribution in [-0.2, 0) is 11.2 Å². The molecule has 14 heavy (non-hydrogen) atoms. The van der Waals surface area contributed by atoms with E-state index in [9.17, 15) is 4.79 Å². The van der Waals surface area contributed by atoms with E-state index in [4.69, 9.17) is 10.9 Å². The van der Waals surface area contributed by atoms with Crippen LogP contribution in [-0.4, -0.2) is 17.1 Å². The first-order valence-electron chi connectivity index (χ1n) is 4.22. The second-order valence-corrected chi connectivity index (χ2v) is 2.87. The number of nitrogens with one attached hydrogen (secondary N) is 2. The number of carbonyl (C=O) groups is 1. The van der Waals surface area contributed by atoms with E-state index >= 15 is 0 Å². The van der Waals surface area contributed by atoms with Crippen LogP contribution < -0.4 is 16.8 Å². The first kappa shape index (κ1) is 10.6. The molecule has 0 aliphatic rings. The second-order valence-electron chi connectivity index (χ2n) is 2.87. The number of rotatable bonds is 5. The molecule has 0 saturated heterocycles. The molecule has 1 atom stereocenters. The summed E-state index contributed by atoms with van der Waals surface area (Å²) in [5.41, 5.74) is 5.54. The number of hydrazine groups is 2. The maximum atomic E-state index is 10.7. The Morgan fingerprint density at radius 2 is 2.07 bits per heavy atom. The van der Waals surface area contributed by atoms with Crippen molar-refractivity contribution in [1.82, 2.24) is 11.0 Å². The third-order valence-corrected chi connectivity index (χ3v) is 1.84. The highest BCUT2D eigenvalue weighted by atomic mass is 16.4. The Balaban J connectivity index is 2.60. The van der Waals surface area contributed by atoms with Crippen molar-refractivity contribution in [1.29, 1.82) is 0 Å². The molecule has 5 nitrogen and oxygen atoms in total. The van der Waals surface area contributed by atoms with Crippen molar-refractivity contribution in [2.75, 3.05) is 0 Å². The Morgan fingerprint density at radius 1 is 1.43 bits per heavy atom. The molecule has 1 aromatic carbocycles. The van der Waals surface area contributed by atoms with Crippen LogP contribution in [0.5, 0.6) is 0 Å². The van der Waals surface area contributed by atoms with Gasteiger partial charge in [0.1, 0.15) is 6.04 Å². The lowest BCUT2D eigenvalue weighted by Gasteiger charge is -2.12. The summed E-state index contributed by atoms with van der Waals surface area (Å²) in [5, 5.41) is 8.81. The van der Waals surface area contributed by atoms with Gasteiger partial charge in [0.2, 0.25) is 0 Å². The molecule has 76 valence electrons. The van der Waals surface area contributed by atoms with Crippen LogP contribution in [0.3, 0.4) is 0 Å². The molecule has 1 aromatic rings. The highest BCUT2D eigenvalue weighted by Crippen LogP contribution is 2.02. The van der Waals surface area contributed by atoms with Crippen LogP contribution in [0, 0.1) is 0 Å². The molecule has 0 radical (unpaired) electrons. The summed E-state index contributed by atoms with van der Waals surface area (Å²) in [6.45, 7) is 0. The first-order valence-corrected chi connectivity index (χ1v) is 4.22. The Bertz CT molecular complexity index is 289. The molecule has 0 fully saturated rings. The Labute approximate surface area is 81.9 Å². The first-order chi connectivity index (χ1) is 6.74. The highest BCUT2D eigenvalue weighted by Gasteiger charge is 2.16. The van der Waals surface area contributed by atoms with Crippen LogP contribution in [0.4, 0.5) is 0 Å². The summed E-state index contributed by atoms with van der Waals surface area (Å²) < 4.78 is 0. The van der Waals surface area contributed by atoms with Crippen LogP contribution in [0.15, 0.2) is 30.3 Å². The minimum Gasteiger partial charge on any atom is -0.480 e. The molecule has 0 spiro atoms. The number of benzene rings is 1. The van der Waals surface area contributed by atoms with E-state index in [0.717, 1.165) is 5.56 Å². The summed E-state index contributed by atoms with van der Waals surface area (Å²) in [5.74, 6) is 4.06. The average Bonchev–Trinajstić information content (AvgIpc) is 2.18. The summed E-state index contributed by atoms with van der Waals surface area (Å²) in [6.07, 6.45) is 0.389. The van der Waals surface area contributed by atoms with Crippen molar-refractivity contribution in [2.45, 2.75) is 12.5 Å². The molecule has 5 heteroatoms. The average molecular weight is 195 g/mol. The smallest absolute Gasteiger partial charge is 0.322 e. The topological polar surface area (TPSA) is 87.4 Å². The van der Waals surface area contributed by atoms with Crippen LogP contribution in [0.2, 0.25) is 0 Å². The van der Waals surface area contributed by atoms with Crippen LogP contribution in [0.25, 0.3) is 0 Å². The predicted octanol–water partition coefficient (Wildman–Crippen LogP) is -0.350. The Morgan fingerprint density at radius 3 is 2.57 bits per heavy atom. The molecule has 0 bridgehead atoms. The fourth-order valence-electron chi connectivity index (χ4n) is 1.15. The van der Waals surface area contributed by atoms with E-state index in [1.165, 1.54) is 0 Å². The van der Waals surface area contributed by atoms with Gasteiger partial charge in [0.15, 0.2) is 0 Å². The highest BCUT2D eigenvalue weighted by molar-refractivity contribution is 5.73. The molecule has 0 aliphatic carbocycles. The number of nitrogens with two attached hydrogens (primary N) is 1. The molecular formula is C9H13N3O2. The zero-order valence-electron chi connectivity index (χ0n) is 7.60. The van der Waals surface area contributed by atoms with Crippen molar-refractivity contribution in [3.63, 3.8) is 0 Å². The summed E-state index contributed by atoms with van der Waals surface area (Å²) in [6, 6.07) is 8.63. The van der Waals surface area contributed by atoms with Crippen LogP contribution in [0.1, 0.15) is 5.56 Å². The molecule has 0 heterocycles. The van der Waals surface area contributed by atoms with Crippen molar-refractivity contribution < 1.29 is 9.90 Å². The van der Waals surface area contributed by atoms with Gasteiger partial charge in [0, 0.05) is 0 Å². The van der Waals surface area contributed by atoms with Crippen molar-refractivity contribution in [2.24, 2.45) is 5.84 Å². The fourth-order valence-corrected chi connectivity index (χ4v) is 1.15. The number of carboxylic acid groups (broad SMARTS) is 1. The minimum atomic E-state index is -0.938. The monoisotopic (exact) mass is 195 g/mol. The Kier molecular flexibility index (Phi) is 4.06. The molecule has 0 amide bonds. The van der Waals surface area contributed by atoms with Crippen LogP contribution >= 0.6 is 0 Å². The van der Waals surface area contributed by atoms with Gasteiger partial charge in [-0.1, -0.05) is 30.3 Å². The molecule has 0 aliphatic heterocycles. The van der Waals surface area contributed by atoms with Gasteiger partial charge < -0.3 is 5.11 Å². The quantitative estimate of drug-likeness (QED) is 0.381. The van der Waals surface area contributed by atoms with Crippen molar-refractivity contribution >= 4 is 5.97 Å². The zero-order chi connectivity index (χ0) is 10.4. The van der Waals surface area contributed by atoms with E-state index in [-0.39, 0.29) is 0 Å². The van der Waals surface area contributed by atoms with Gasteiger partial charge in [-0.3, -0.25) is 10.6 Å². The van der Waals surface area contributed by atoms with E-state index < -0.39 is 12.0 Å². The lowest BCUT2D eigenvalue weighted by Crippen LogP contribution is -2.49. The molecule has 0 saturated carbocycles. The SMILES string of the molecule is NNNC(Cc1ccccc1)C(=O)O. The van der Waals surface area contributed by atoms with E-state index in [1.54, 1.807) is 0 Å². The summed E-state index contributed by atoms with van der Waals surface area (Å²) in [4.78, 5) is 10.7. The number of hydrogen-bond donors (Lipinski definition) is 4. The molecule has 1 rings (SSSR count). The maximum Gasteiger partial charge on any atom is 0.322 e. The molecular weight excluding hydrogens is 182 g/mol. The number of hydrogen-bond acceptors (Lipinski definition) is 4. The second kappa shape index (κ2) is 5.33. The third-order valence-electron chi connectivity index (χ3n) is 1.84. The minimum absolute atomic E-state index is 0.389. The molecule has 1 unspecified atom stereocenters. The van der Waals surface area contributed by atoms with Crippen molar-refractivity contribution in [3.8, 4) is 0 Å². The summed E-state index contributed by atoms with van der Waals surface area (Å²) in [7, 11) is 0. The molecule has 0 aromatic heterocycles. The number of carboxylic acids is 1. The van der Waals surface area contributed by atoms with Gasteiger partial charge >= 0.3 is 5.97 Å². The predicted molar refractivity (Wildman–Crippen MR) is 52.0 cm³/mol. The summed E-state index contributed by atoms with van der Waals surface area (Å²) >= 11 is 0. The standard InChI is InChI=1S/C9H13N3O2/c10-12-11-8(9(13)14)6-7-4-2-1-3-5-7/h1-5,8,11-12H,6,10H2,(H,13,14). The number of aliphatic carboxylic acids is 1. The fraction of sp³-hybridized carbons (Fsp3) is 0.222. The van der Waals surface area contributed by atoms with E-state index in [0.29, 0.717) is 6.42 Å². The van der Waals surface area contributed by atoms with E-state index in [2.05, 4.69) is 11.0 Å². The van der Waals surface area contributed by atoms with E-state index in [1.807, 2.05) is 30.3 Å². The lowest BCUT2D eigenvalue weighted by atomic mass is 10.1. The lowest BCUT2D eigenvalue weighted by molar-refractivity contribution is -0.139. The normalized spacial score (nSPS) is 12.4. The zero-order valence-corrected chi connectivity index (χ0v) is 7.60. The van der Waals surface area contributed by atoms with Gasteiger partial charge in [-0.25, -0.2) is 5.43 Å². The van der Waals surface area contributed by atoms with Gasteiger partial charge in [0.25, 0.3) is 0 Å². The van der Waals surface area contributed by atoms with Gasteiger partial charge in [-0.05, 0) is 12.0 Å². The Hall–Kier alpha value is -1.43. The molecule has 5 N–H and O–H groups in total. The van der Waals surface area contributed by atoms with Gasteiger partial charge in [-0.15, -0.1) is 0 Å². The maximum absolute atomic E-state index is 10.7.